The van der Waals surface area contributed by atoms with Crippen molar-refractivity contribution < 1.29 is 9.94 Å². The molecule has 0 aromatic heterocycles. The van der Waals surface area contributed by atoms with Gasteiger partial charge >= 0.3 is 0 Å². The van der Waals surface area contributed by atoms with Gasteiger partial charge in [0.1, 0.15) is 11.9 Å². The van der Waals surface area contributed by atoms with E-state index in [-0.39, 0.29) is 6.10 Å². The number of hydrogen-bond donors (Lipinski definition) is 1. The van der Waals surface area contributed by atoms with Crippen LogP contribution in [-0.2, 0) is 0 Å². The molecule has 2 rings (SSSR count). The van der Waals surface area contributed by atoms with Crippen LogP contribution >= 0.6 is 0 Å². The second-order valence-corrected chi connectivity index (χ2v) is 3.62. The van der Waals surface area contributed by atoms with Crippen LogP contribution in [0, 0.1) is 0 Å². The lowest BCUT2D eigenvalue weighted by Gasteiger charge is -2.07. The molecule has 2 unspecified atom stereocenters. The Hall–Kier alpha value is -1.51. The Balaban J connectivity index is 2.50. The molecule has 1 aromatic rings. The van der Waals surface area contributed by atoms with Gasteiger partial charge in [-0.15, -0.1) is 0 Å². The van der Waals surface area contributed by atoms with Crippen LogP contribution in [0.15, 0.2) is 23.4 Å². The van der Waals surface area contributed by atoms with Crippen molar-refractivity contribution in [3.8, 4) is 5.75 Å². The molecule has 74 valence electrons. The Bertz CT molecular complexity index is 374. The molecule has 2 atom stereocenters. The molecule has 1 aliphatic heterocycles. The van der Waals surface area contributed by atoms with Crippen LogP contribution in [-0.4, -0.2) is 17.5 Å². The minimum Gasteiger partial charge on any atom is -0.489 e. The van der Waals surface area contributed by atoms with Gasteiger partial charge < -0.3 is 9.94 Å². The molecule has 0 aliphatic carbocycles. The lowest BCUT2D eigenvalue weighted by atomic mass is 9.97. The van der Waals surface area contributed by atoms with Crippen LogP contribution in [0.2, 0.25) is 0 Å². The van der Waals surface area contributed by atoms with E-state index in [2.05, 4.69) is 18.1 Å². The second-order valence-electron chi connectivity index (χ2n) is 3.62. The number of benzene rings is 1. The fourth-order valence-electron chi connectivity index (χ4n) is 1.77. The summed E-state index contributed by atoms with van der Waals surface area (Å²) in [5, 5.41) is 11.5. The maximum Gasteiger partial charge on any atom is 0.132 e. The molecule has 0 saturated carbocycles. The quantitative estimate of drug-likeness (QED) is 0.420. The topological polar surface area (TPSA) is 41.8 Å². The summed E-state index contributed by atoms with van der Waals surface area (Å²) in [6, 6.07) is 5.88. The van der Waals surface area contributed by atoms with Crippen molar-refractivity contribution in [3.05, 3.63) is 29.3 Å². The molecular formula is C11H13NO2. The molecule has 1 N–H and O–H groups in total. The van der Waals surface area contributed by atoms with Crippen molar-refractivity contribution >= 4 is 6.21 Å². The van der Waals surface area contributed by atoms with E-state index in [1.54, 1.807) is 0 Å². The Morgan fingerprint density at radius 3 is 2.93 bits per heavy atom. The third kappa shape index (κ3) is 1.25. The van der Waals surface area contributed by atoms with Gasteiger partial charge in [-0.2, -0.15) is 0 Å². The summed E-state index contributed by atoms with van der Waals surface area (Å²) in [5.41, 5.74) is 2.02. The zero-order valence-corrected chi connectivity index (χ0v) is 8.27. The van der Waals surface area contributed by atoms with E-state index in [4.69, 9.17) is 9.94 Å². The lowest BCUT2D eigenvalue weighted by Crippen LogP contribution is -2.10. The van der Waals surface area contributed by atoms with Crippen LogP contribution in [0.4, 0.5) is 0 Å². The Kier molecular flexibility index (Phi) is 2.15. The molecule has 1 heterocycles. The van der Waals surface area contributed by atoms with Crippen LogP contribution < -0.4 is 4.74 Å². The molecular weight excluding hydrogens is 178 g/mol. The van der Waals surface area contributed by atoms with E-state index in [1.807, 2.05) is 19.1 Å². The Morgan fingerprint density at radius 1 is 1.43 bits per heavy atom. The zero-order valence-electron chi connectivity index (χ0n) is 8.27. The maximum atomic E-state index is 8.50. The molecule has 0 fully saturated rings. The molecule has 0 spiro atoms. The van der Waals surface area contributed by atoms with E-state index in [1.165, 1.54) is 11.8 Å². The van der Waals surface area contributed by atoms with Crippen molar-refractivity contribution in [2.75, 3.05) is 0 Å². The first-order chi connectivity index (χ1) is 6.74. The van der Waals surface area contributed by atoms with E-state index in [0.717, 1.165) is 11.3 Å². The number of para-hydroxylation sites is 1. The number of fused-ring (bicyclic) bond motifs is 1. The first-order valence-electron chi connectivity index (χ1n) is 4.71. The van der Waals surface area contributed by atoms with Gasteiger partial charge in [-0.05, 0) is 13.0 Å². The van der Waals surface area contributed by atoms with Gasteiger partial charge in [0, 0.05) is 17.0 Å². The van der Waals surface area contributed by atoms with Crippen molar-refractivity contribution in [1.82, 2.24) is 0 Å². The van der Waals surface area contributed by atoms with E-state index >= 15 is 0 Å². The third-order valence-electron chi connectivity index (χ3n) is 2.77. The molecule has 1 aliphatic rings. The van der Waals surface area contributed by atoms with E-state index in [0.29, 0.717) is 5.92 Å². The number of nitrogens with zero attached hydrogens (tertiary/aromatic N) is 1. The van der Waals surface area contributed by atoms with E-state index < -0.39 is 0 Å². The van der Waals surface area contributed by atoms with Crippen LogP contribution in [0.1, 0.15) is 30.9 Å². The van der Waals surface area contributed by atoms with Gasteiger partial charge in [0.15, 0.2) is 0 Å². The van der Waals surface area contributed by atoms with Crippen LogP contribution in [0.25, 0.3) is 0 Å². The molecule has 1 aromatic carbocycles. The smallest absolute Gasteiger partial charge is 0.132 e. The number of rotatable bonds is 1. The summed E-state index contributed by atoms with van der Waals surface area (Å²) < 4.78 is 5.70. The van der Waals surface area contributed by atoms with Crippen molar-refractivity contribution in [2.45, 2.75) is 25.9 Å². The minimum absolute atomic E-state index is 0.193. The fraction of sp³-hybridized carbons (Fsp3) is 0.364. The standard InChI is InChI=1S/C11H13NO2/c1-7-8(2)14-11-9(6-12-13)4-3-5-10(7)11/h3-8,13H,1-2H3. The molecule has 3 nitrogen and oxygen atoms in total. The highest BCUT2D eigenvalue weighted by Gasteiger charge is 2.28. The Morgan fingerprint density at radius 2 is 2.21 bits per heavy atom. The van der Waals surface area contributed by atoms with Crippen molar-refractivity contribution in [1.29, 1.82) is 0 Å². The molecule has 0 amide bonds. The fourth-order valence-corrected chi connectivity index (χ4v) is 1.77. The number of ether oxygens (including phenoxy) is 1. The maximum absolute atomic E-state index is 8.50. The monoisotopic (exact) mass is 191 g/mol. The van der Waals surface area contributed by atoms with Crippen LogP contribution in [0.5, 0.6) is 5.75 Å². The molecule has 0 bridgehead atoms. The molecule has 0 saturated heterocycles. The van der Waals surface area contributed by atoms with Crippen molar-refractivity contribution in [2.24, 2.45) is 5.16 Å². The van der Waals surface area contributed by atoms with Gasteiger partial charge in [0.25, 0.3) is 0 Å². The summed E-state index contributed by atoms with van der Waals surface area (Å²) in [7, 11) is 0. The first-order valence-corrected chi connectivity index (χ1v) is 4.71. The average Bonchev–Trinajstić information content (AvgIpc) is 2.46. The van der Waals surface area contributed by atoms with Gasteiger partial charge in [-0.3, -0.25) is 0 Å². The summed E-state index contributed by atoms with van der Waals surface area (Å²) in [6.45, 7) is 4.18. The first kappa shape index (κ1) is 9.06. The second kappa shape index (κ2) is 3.33. The van der Waals surface area contributed by atoms with E-state index in [9.17, 15) is 0 Å². The summed E-state index contributed by atoms with van der Waals surface area (Å²) in [4.78, 5) is 0. The zero-order chi connectivity index (χ0) is 10.1. The normalized spacial score (nSPS) is 25.0. The SMILES string of the molecule is CC1Oc2c(C=NO)cccc2C1C. The van der Waals surface area contributed by atoms with Gasteiger partial charge in [-0.25, -0.2) is 0 Å². The predicted molar refractivity (Wildman–Crippen MR) is 54.3 cm³/mol. The van der Waals surface area contributed by atoms with Gasteiger partial charge in [-0.1, -0.05) is 24.2 Å². The molecule has 3 heteroatoms. The van der Waals surface area contributed by atoms with Gasteiger partial charge in [0.2, 0.25) is 0 Å². The third-order valence-corrected chi connectivity index (χ3v) is 2.77. The number of hydrogen-bond acceptors (Lipinski definition) is 3. The molecule has 14 heavy (non-hydrogen) atoms. The minimum atomic E-state index is 0.193. The highest BCUT2D eigenvalue weighted by Crippen LogP contribution is 2.39. The highest BCUT2D eigenvalue weighted by molar-refractivity contribution is 5.84. The summed E-state index contributed by atoms with van der Waals surface area (Å²) >= 11 is 0. The largest absolute Gasteiger partial charge is 0.489 e. The number of oxime groups is 1. The van der Waals surface area contributed by atoms with Gasteiger partial charge in [0.05, 0.1) is 6.21 Å². The van der Waals surface area contributed by atoms with Crippen LogP contribution in [0.3, 0.4) is 0 Å². The van der Waals surface area contributed by atoms with Crippen molar-refractivity contribution in [3.63, 3.8) is 0 Å². The summed E-state index contributed by atoms with van der Waals surface area (Å²) in [5.74, 6) is 1.25. The predicted octanol–water partition coefficient (Wildman–Crippen LogP) is 2.38. The highest BCUT2D eigenvalue weighted by atomic mass is 16.5. The Labute approximate surface area is 83.0 Å². The summed E-state index contributed by atoms with van der Waals surface area (Å²) in [6.07, 6.45) is 1.60. The molecule has 0 radical (unpaired) electrons. The average molecular weight is 191 g/mol. The lowest BCUT2D eigenvalue weighted by molar-refractivity contribution is 0.232.